The van der Waals surface area contributed by atoms with Crippen molar-refractivity contribution in [2.75, 3.05) is 33.7 Å². The number of likely N-dealkylation sites (N-methyl/N-ethyl adjacent to an activating group) is 1. The topological polar surface area (TPSA) is 69.6 Å². The van der Waals surface area contributed by atoms with Gasteiger partial charge in [0.05, 0.1) is 0 Å². The first-order chi connectivity index (χ1) is 10.0. The maximum atomic E-state index is 11.5. The van der Waals surface area contributed by atoms with Crippen molar-refractivity contribution in [2.45, 2.75) is 13.3 Å². The number of aliphatic imine (C=N–C) groups is 1. The molecular formula is C14H22ClN5O. The molecule has 6 nitrogen and oxygen atoms in total. The first-order valence-corrected chi connectivity index (χ1v) is 7.23. The zero-order valence-electron chi connectivity index (χ0n) is 12.7. The summed E-state index contributed by atoms with van der Waals surface area (Å²) in [7, 11) is 3.43. The lowest BCUT2D eigenvalue weighted by molar-refractivity contribution is -0.127. The maximum absolute atomic E-state index is 11.5. The Hall–Kier alpha value is -1.82. The summed E-state index contributed by atoms with van der Waals surface area (Å²) in [6.07, 6.45) is 2.56. The number of hydrogen-bond donors (Lipinski definition) is 2. The molecule has 0 saturated carbocycles. The number of pyridine rings is 1. The van der Waals surface area contributed by atoms with Gasteiger partial charge in [0.2, 0.25) is 5.91 Å². The van der Waals surface area contributed by atoms with Crippen molar-refractivity contribution in [3.8, 4) is 0 Å². The standard InChI is InChI=1S/C14H22ClN5O/c1-4-16-14(19-10-13(21)20(2)3)17-8-7-11-5-6-12(15)18-9-11/h5-6,9H,4,7-8,10H2,1-3H3,(H2,16,17,19). The van der Waals surface area contributed by atoms with Crippen molar-refractivity contribution in [3.63, 3.8) is 0 Å². The van der Waals surface area contributed by atoms with E-state index in [1.54, 1.807) is 26.4 Å². The Kier molecular flexibility index (Phi) is 7.53. The fourth-order valence-electron chi connectivity index (χ4n) is 1.51. The van der Waals surface area contributed by atoms with Crippen LogP contribution in [0.2, 0.25) is 5.15 Å². The molecule has 0 atom stereocenters. The molecule has 7 heteroatoms. The van der Waals surface area contributed by atoms with E-state index < -0.39 is 0 Å². The number of rotatable bonds is 6. The van der Waals surface area contributed by atoms with Gasteiger partial charge in [0, 0.05) is 33.4 Å². The fourth-order valence-corrected chi connectivity index (χ4v) is 1.62. The zero-order valence-corrected chi connectivity index (χ0v) is 13.4. The molecule has 0 spiro atoms. The second-order valence-electron chi connectivity index (χ2n) is 4.65. The van der Waals surface area contributed by atoms with Crippen LogP contribution in [-0.2, 0) is 11.2 Å². The molecule has 0 bridgehead atoms. The Bertz CT molecular complexity index is 473. The van der Waals surface area contributed by atoms with E-state index in [0.29, 0.717) is 17.7 Å². The lowest BCUT2D eigenvalue weighted by Gasteiger charge is -2.12. The van der Waals surface area contributed by atoms with E-state index >= 15 is 0 Å². The SMILES string of the molecule is CCNC(=NCC(=O)N(C)C)NCCc1ccc(Cl)nc1. The van der Waals surface area contributed by atoms with Crippen LogP contribution in [-0.4, -0.2) is 55.5 Å². The number of halogens is 1. The van der Waals surface area contributed by atoms with Gasteiger partial charge >= 0.3 is 0 Å². The summed E-state index contributed by atoms with van der Waals surface area (Å²) in [5, 5.41) is 6.78. The van der Waals surface area contributed by atoms with Gasteiger partial charge in [0.1, 0.15) is 11.7 Å². The quantitative estimate of drug-likeness (QED) is 0.466. The molecule has 0 aliphatic heterocycles. The van der Waals surface area contributed by atoms with Gasteiger partial charge in [-0.3, -0.25) is 4.79 Å². The summed E-state index contributed by atoms with van der Waals surface area (Å²) < 4.78 is 0. The number of amides is 1. The Morgan fingerprint density at radius 3 is 2.71 bits per heavy atom. The van der Waals surface area contributed by atoms with Crippen molar-refractivity contribution in [2.24, 2.45) is 4.99 Å². The summed E-state index contributed by atoms with van der Waals surface area (Å²) in [6.45, 7) is 3.55. The molecule has 0 aliphatic carbocycles. The molecule has 0 aromatic carbocycles. The molecule has 0 saturated heterocycles. The number of aromatic nitrogens is 1. The lowest BCUT2D eigenvalue weighted by atomic mass is 10.2. The first kappa shape index (κ1) is 17.2. The van der Waals surface area contributed by atoms with Crippen LogP contribution in [0.15, 0.2) is 23.3 Å². The minimum absolute atomic E-state index is 0.0332. The maximum Gasteiger partial charge on any atom is 0.243 e. The number of nitrogens with one attached hydrogen (secondary N) is 2. The molecule has 1 aromatic heterocycles. The lowest BCUT2D eigenvalue weighted by Crippen LogP contribution is -2.39. The highest BCUT2D eigenvalue weighted by Crippen LogP contribution is 2.05. The molecule has 0 unspecified atom stereocenters. The molecular weight excluding hydrogens is 290 g/mol. The smallest absolute Gasteiger partial charge is 0.243 e. The number of hydrogen-bond acceptors (Lipinski definition) is 3. The summed E-state index contributed by atoms with van der Waals surface area (Å²) in [4.78, 5) is 21.3. The van der Waals surface area contributed by atoms with Gasteiger partial charge in [-0.1, -0.05) is 17.7 Å². The monoisotopic (exact) mass is 311 g/mol. The third-order valence-corrected chi connectivity index (χ3v) is 2.93. The minimum atomic E-state index is -0.0332. The average molecular weight is 312 g/mol. The highest BCUT2D eigenvalue weighted by atomic mass is 35.5. The Labute approximate surface area is 130 Å². The normalized spacial score (nSPS) is 11.1. The van der Waals surface area contributed by atoms with Crippen molar-refractivity contribution in [1.29, 1.82) is 0 Å². The zero-order chi connectivity index (χ0) is 15.7. The third kappa shape index (κ3) is 6.94. The Morgan fingerprint density at radius 1 is 1.38 bits per heavy atom. The first-order valence-electron chi connectivity index (χ1n) is 6.85. The van der Waals surface area contributed by atoms with Crippen LogP contribution in [0.3, 0.4) is 0 Å². The fraction of sp³-hybridized carbons (Fsp3) is 0.500. The highest BCUT2D eigenvalue weighted by molar-refractivity contribution is 6.29. The van der Waals surface area contributed by atoms with Crippen LogP contribution in [0.4, 0.5) is 0 Å². The second kappa shape index (κ2) is 9.18. The van der Waals surface area contributed by atoms with Gasteiger partial charge in [-0.15, -0.1) is 0 Å². The summed E-state index contributed by atoms with van der Waals surface area (Å²) in [5.74, 6) is 0.601. The second-order valence-corrected chi connectivity index (χ2v) is 5.04. The van der Waals surface area contributed by atoms with E-state index in [-0.39, 0.29) is 12.5 Å². The summed E-state index contributed by atoms with van der Waals surface area (Å²) in [6, 6.07) is 3.71. The molecule has 1 heterocycles. The molecule has 0 fully saturated rings. The van der Waals surface area contributed by atoms with Crippen LogP contribution in [0.1, 0.15) is 12.5 Å². The van der Waals surface area contributed by atoms with E-state index in [9.17, 15) is 4.79 Å². The largest absolute Gasteiger partial charge is 0.357 e. The van der Waals surface area contributed by atoms with Crippen LogP contribution >= 0.6 is 11.6 Å². The van der Waals surface area contributed by atoms with E-state index in [2.05, 4.69) is 20.6 Å². The predicted octanol–water partition coefficient (Wildman–Crippen LogP) is 0.921. The molecule has 21 heavy (non-hydrogen) atoms. The minimum Gasteiger partial charge on any atom is -0.357 e. The van der Waals surface area contributed by atoms with Crippen LogP contribution < -0.4 is 10.6 Å². The van der Waals surface area contributed by atoms with Crippen molar-refractivity contribution in [3.05, 3.63) is 29.0 Å². The molecule has 116 valence electrons. The molecule has 0 aliphatic rings. The number of nitrogens with zero attached hydrogens (tertiary/aromatic N) is 3. The van der Waals surface area contributed by atoms with Gasteiger partial charge in [0.25, 0.3) is 0 Å². The number of guanidine groups is 1. The number of carbonyl (C=O) groups is 1. The van der Waals surface area contributed by atoms with E-state index in [4.69, 9.17) is 11.6 Å². The van der Waals surface area contributed by atoms with Gasteiger partial charge in [0.15, 0.2) is 5.96 Å². The average Bonchev–Trinajstić information content (AvgIpc) is 2.46. The van der Waals surface area contributed by atoms with Gasteiger partial charge in [-0.2, -0.15) is 0 Å². The number of carbonyl (C=O) groups excluding carboxylic acids is 1. The van der Waals surface area contributed by atoms with E-state index in [1.807, 2.05) is 13.0 Å². The van der Waals surface area contributed by atoms with E-state index in [0.717, 1.165) is 18.5 Å². The van der Waals surface area contributed by atoms with Gasteiger partial charge in [-0.05, 0) is 25.0 Å². The Morgan fingerprint density at radius 2 is 2.14 bits per heavy atom. The summed E-state index contributed by atoms with van der Waals surface area (Å²) >= 11 is 5.74. The molecule has 2 N–H and O–H groups in total. The van der Waals surface area contributed by atoms with Crippen LogP contribution in [0, 0.1) is 0 Å². The van der Waals surface area contributed by atoms with E-state index in [1.165, 1.54) is 4.90 Å². The predicted molar refractivity (Wildman–Crippen MR) is 85.6 cm³/mol. The molecule has 1 amide bonds. The molecule has 0 radical (unpaired) electrons. The van der Waals surface area contributed by atoms with Gasteiger partial charge in [-0.25, -0.2) is 9.98 Å². The highest BCUT2D eigenvalue weighted by Gasteiger charge is 2.04. The van der Waals surface area contributed by atoms with Crippen molar-refractivity contribution >= 4 is 23.5 Å². The van der Waals surface area contributed by atoms with Crippen LogP contribution in [0.5, 0.6) is 0 Å². The van der Waals surface area contributed by atoms with Crippen molar-refractivity contribution in [1.82, 2.24) is 20.5 Å². The Balaban J connectivity index is 2.45. The van der Waals surface area contributed by atoms with Gasteiger partial charge < -0.3 is 15.5 Å². The molecule has 1 aromatic rings. The van der Waals surface area contributed by atoms with Crippen LogP contribution in [0.25, 0.3) is 0 Å². The van der Waals surface area contributed by atoms with Crippen molar-refractivity contribution < 1.29 is 4.79 Å². The molecule has 1 rings (SSSR count). The third-order valence-electron chi connectivity index (χ3n) is 2.71. The summed E-state index contributed by atoms with van der Waals surface area (Å²) in [5.41, 5.74) is 1.09.